The maximum atomic E-state index is 6.57. The first-order valence-corrected chi connectivity index (χ1v) is 7.79. The van der Waals surface area contributed by atoms with Crippen molar-refractivity contribution in [2.45, 2.75) is 45.9 Å². The van der Waals surface area contributed by atoms with E-state index in [1.54, 1.807) is 0 Å². The highest BCUT2D eigenvalue weighted by molar-refractivity contribution is 5.42. The second-order valence-corrected chi connectivity index (χ2v) is 5.74. The van der Waals surface area contributed by atoms with Crippen LogP contribution in [0.2, 0.25) is 0 Å². The summed E-state index contributed by atoms with van der Waals surface area (Å²) in [5, 5.41) is 0. The van der Waals surface area contributed by atoms with Crippen molar-refractivity contribution in [3.05, 3.63) is 69.8 Å². The van der Waals surface area contributed by atoms with Crippen molar-refractivity contribution in [2.24, 2.45) is 5.73 Å². The van der Waals surface area contributed by atoms with Crippen molar-refractivity contribution in [1.82, 2.24) is 0 Å². The molecule has 2 aromatic carbocycles. The number of aryl methyl sites for hydroxylation is 2. The number of hydrogen-bond acceptors (Lipinski definition) is 2. The van der Waals surface area contributed by atoms with Gasteiger partial charge in [0, 0.05) is 0 Å². The van der Waals surface area contributed by atoms with E-state index in [1.807, 2.05) is 0 Å². The average Bonchev–Trinajstić information content (AvgIpc) is 3.01. The van der Waals surface area contributed by atoms with Crippen LogP contribution in [0, 0.1) is 0 Å². The molecule has 1 unspecified atom stereocenters. The van der Waals surface area contributed by atoms with Gasteiger partial charge in [-0.1, -0.05) is 50.2 Å². The molecule has 21 heavy (non-hydrogen) atoms. The molecule has 0 radical (unpaired) electrons. The zero-order valence-electron chi connectivity index (χ0n) is 12.9. The molecule has 0 amide bonds. The van der Waals surface area contributed by atoms with E-state index in [0.29, 0.717) is 6.61 Å². The quantitative estimate of drug-likeness (QED) is 0.922. The first-order valence-electron chi connectivity index (χ1n) is 7.79. The topological polar surface area (TPSA) is 35.2 Å². The third-order valence-electron chi connectivity index (χ3n) is 4.44. The lowest BCUT2D eigenvalue weighted by Gasteiger charge is -2.18. The SMILES string of the molecule is CCc1ccc(CC)c(C(N)c2ccc3c(c2)COC3)c1. The summed E-state index contributed by atoms with van der Waals surface area (Å²) in [6, 6.07) is 13.2. The lowest BCUT2D eigenvalue weighted by Crippen LogP contribution is -2.15. The summed E-state index contributed by atoms with van der Waals surface area (Å²) in [5.74, 6) is 0. The van der Waals surface area contributed by atoms with E-state index in [9.17, 15) is 0 Å². The van der Waals surface area contributed by atoms with E-state index in [4.69, 9.17) is 10.5 Å². The van der Waals surface area contributed by atoms with E-state index >= 15 is 0 Å². The molecule has 1 aliphatic heterocycles. The summed E-state index contributed by atoms with van der Waals surface area (Å²) < 4.78 is 5.50. The molecule has 3 rings (SSSR count). The molecular weight excluding hydrogens is 258 g/mol. The standard InChI is InChI=1S/C19H23NO/c1-3-13-5-6-14(4-2)18(9-13)19(20)15-7-8-16-11-21-12-17(16)10-15/h5-10,19H,3-4,11-12,20H2,1-2H3. The van der Waals surface area contributed by atoms with Gasteiger partial charge in [0.2, 0.25) is 0 Å². The lowest BCUT2D eigenvalue weighted by molar-refractivity contribution is 0.134. The largest absolute Gasteiger partial charge is 0.372 e. The van der Waals surface area contributed by atoms with E-state index < -0.39 is 0 Å². The number of fused-ring (bicyclic) bond motifs is 1. The van der Waals surface area contributed by atoms with Gasteiger partial charge in [0.05, 0.1) is 19.3 Å². The number of hydrogen-bond donors (Lipinski definition) is 1. The molecule has 0 saturated carbocycles. The Labute approximate surface area is 126 Å². The summed E-state index contributed by atoms with van der Waals surface area (Å²) in [7, 11) is 0. The molecule has 2 N–H and O–H groups in total. The minimum Gasteiger partial charge on any atom is -0.372 e. The Morgan fingerprint density at radius 1 is 1.00 bits per heavy atom. The van der Waals surface area contributed by atoms with Gasteiger partial charge in [0.15, 0.2) is 0 Å². The number of nitrogens with two attached hydrogens (primary N) is 1. The maximum absolute atomic E-state index is 6.57. The highest BCUT2D eigenvalue weighted by atomic mass is 16.5. The fourth-order valence-electron chi connectivity index (χ4n) is 3.04. The average molecular weight is 281 g/mol. The summed E-state index contributed by atoms with van der Waals surface area (Å²) >= 11 is 0. The monoisotopic (exact) mass is 281 g/mol. The molecule has 2 heteroatoms. The Kier molecular flexibility index (Phi) is 4.09. The summed E-state index contributed by atoms with van der Waals surface area (Å²) in [5.41, 5.74) is 14.3. The fraction of sp³-hybridized carbons (Fsp3) is 0.368. The Balaban J connectivity index is 1.99. The van der Waals surface area contributed by atoms with Crippen molar-refractivity contribution < 1.29 is 4.74 Å². The van der Waals surface area contributed by atoms with Gasteiger partial charge in [-0.25, -0.2) is 0 Å². The van der Waals surface area contributed by atoms with Crippen LogP contribution in [0.1, 0.15) is 53.3 Å². The van der Waals surface area contributed by atoms with Crippen LogP contribution in [0.3, 0.4) is 0 Å². The van der Waals surface area contributed by atoms with Crippen LogP contribution in [-0.2, 0) is 30.8 Å². The fourth-order valence-corrected chi connectivity index (χ4v) is 3.04. The highest BCUT2D eigenvalue weighted by Crippen LogP contribution is 2.28. The number of benzene rings is 2. The molecule has 1 atom stereocenters. The normalized spacial score (nSPS) is 15.0. The maximum Gasteiger partial charge on any atom is 0.0725 e. The summed E-state index contributed by atoms with van der Waals surface area (Å²) in [6.07, 6.45) is 2.06. The minimum atomic E-state index is -0.0580. The van der Waals surface area contributed by atoms with Gasteiger partial charge in [-0.2, -0.15) is 0 Å². The Hall–Kier alpha value is -1.64. The Bertz CT molecular complexity index is 648. The summed E-state index contributed by atoms with van der Waals surface area (Å²) in [6.45, 7) is 5.82. The molecule has 0 saturated heterocycles. The molecule has 0 aromatic heterocycles. The molecule has 0 bridgehead atoms. The zero-order chi connectivity index (χ0) is 14.8. The molecule has 2 nitrogen and oxygen atoms in total. The van der Waals surface area contributed by atoms with Crippen LogP contribution < -0.4 is 5.73 Å². The van der Waals surface area contributed by atoms with Crippen molar-refractivity contribution in [1.29, 1.82) is 0 Å². The van der Waals surface area contributed by atoms with Gasteiger partial charge in [-0.15, -0.1) is 0 Å². The van der Waals surface area contributed by atoms with Gasteiger partial charge < -0.3 is 10.5 Å². The molecule has 1 heterocycles. The van der Waals surface area contributed by atoms with Crippen molar-refractivity contribution >= 4 is 0 Å². The van der Waals surface area contributed by atoms with Gasteiger partial charge in [-0.3, -0.25) is 0 Å². The van der Waals surface area contributed by atoms with E-state index in [1.165, 1.54) is 33.4 Å². The lowest BCUT2D eigenvalue weighted by atomic mass is 9.90. The van der Waals surface area contributed by atoms with Crippen LogP contribution in [0.25, 0.3) is 0 Å². The molecule has 0 fully saturated rings. The Morgan fingerprint density at radius 3 is 2.57 bits per heavy atom. The molecule has 1 aliphatic rings. The van der Waals surface area contributed by atoms with E-state index in [2.05, 4.69) is 50.2 Å². The van der Waals surface area contributed by atoms with Crippen LogP contribution in [0.5, 0.6) is 0 Å². The first-order chi connectivity index (χ1) is 10.2. The number of ether oxygens (including phenoxy) is 1. The van der Waals surface area contributed by atoms with Crippen molar-refractivity contribution in [3.63, 3.8) is 0 Å². The predicted octanol–water partition coefficient (Wildman–Crippen LogP) is 3.89. The molecule has 0 spiro atoms. The Morgan fingerprint density at radius 2 is 1.81 bits per heavy atom. The van der Waals surface area contributed by atoms with Crippen LogP contribution >= 0.6 is 0 Å². The van der Waals surface area contributed by atoms with Crippen molar-refractivity contribution in [3.8, 4) is 0 Å². The second kappa shape index (κ2) is 6.00. The minimum absolute atomic E-state index is 0.0580. The van der Waals surface area contributed by atoms with Crippen LogP contribution in [0.4, 0.5) is 0 Å². The van der Waals surface area contributed by atoms with E-state index in [-0.39, 0.29) is 6.04 Å². The third kappa shape index (κ3) is 2.74. The molecule has 2 aromatic rings. The predicted molar refractivity (Wildman–Crippen MR) is 86.2 cm³/mol. The van der Waals surface area contributed by atoms with Gasteiger partial charge in [0.25, 0.3) is 0 Å². The van der Waals surface area contributed by atoms with Crippen LogP contribution in [-0.4, -0.2) is 0 Å². The summed E-state index contributed by atoms with van der Waals surface area (Å²) in [4.78, 5) is 0. The van der Waals surface area contributed by atoms with Crippen molar-refractivity contribution in [2.75, 3.05) is 0 Å². The van der Waals surface area contributed by atoms with Gasteiger partial charge >= 0.3 is 0 Å². The highest BCUT2D eigenvalue weighted by Gasteiger charge is 2.17. The smallest absolute Gasteiger partial charge is 0.0725 e. The molecular formula is C19H23NO. The third-order valence-corrected chi connectivity index (χ3v) is 4.44. The van der Waals surface area contributed by atoms with Gasteiger partial charge in [-0.05, 0) is 46.2 Å². The molecule has 110 valence electrons. The zero-order valence-corrected chi connectivity index (χ0v) is 12.9. The first kappa shape index (κ1) is 14.3. The van der Waals surface area contributed by atoms with Crippen LogP contribution in [0.15, 0.2) is 36.4 Å². The second-order valence-electron chi connectivity index (χ2n) is 5.74. The molecule has 0 aliphatic carbocycles. The number of rotatable bonds is 4. The van der Waals surface area contributed by atoms with Gasteiger partial charge in [0.1, 0.15) is 0 Å². The van der Waals surface area contributed by atoms with E-state index in [0.717, 1.165) is 19.4 Å².